The van der Waals surface area contributed by atoms with Gasteiger partial charge in [0.25, 0.3) is 0 Å². The zero-order valence-corrected chi connectivity index (χ0v) is 10.2. The Labute approximate surface area is 103 Å². The maximum absolute atomic E-state index is 12.8. The zero-order valence-electron chi connectivity index (χ0n) is 9.35. The lowest BCUT2D eigenvalue weighted by Crippen LogP contribution is -1.93. The van der Waals surface area contributed by atoms with Gasteiger partial charge in [-0.15, -0.1) is 5.10 Å². The average Bonchev–Trinajstić information content (AvgIpc) is 2.73. The Bertz CT molecular complexity index is 482. The van der Waals surface area contributed by atoms with Crippen molar-refractivity contribution >= 4 is 17.7 Å². The maximum Gasteiger partial charge on any atom is 0.216 e. The lowest BCUT2D eigenvalue weighted by molar-refractivity contribution is 0.626. The summed E-state index contributed by atoms with van der Waals surface area (Å²) in [6.07, 6.45) is 0.907. The smallest absolute Gasteiger partial charge is 0.216 e. The lowest BCUT2D eigenvalue weighted by Gasteiger charge is -2.12. The number of nitrogens with two attached hydrogens (primary N) is 1. The largest absolute Gasteiger partial charge is 0.368 e. The van der Waals surface area contributed by atoms with Crippen molar-refractivity contribution < 1.29 is 4.39 Å². The molecule has 1 aromatic carbocycles. The number of aromatic amines is 1. The van der Waals surface area contributed by atoms with Gasteiger partial charge < -0.3 is 5.73 Å². The fraction of sp³-hybridized carbons (Fsp3) is 0.273. The molecule has 6 heteroatoms. The SMILES string of the molecule is CC[C@H](Sc1n[nH]c(N)n1)c1ccc(F)cc1. The first-order chi connectivity index (χ1) is 8.19. The zero-order chi connectivity index (χ0) is 12.3. The van der Waals surface area contributed by atoms with E-state index in [0.717, 1.165) is 12.0 Å². The van der Waals surface area contributed by atoms with Gasteiger partial charge in [0.1, 0.15) is 5.82 Å². The summed E-state index contributed by atoms with van der Waals surface area (Å²) in [5.41, 5.74) is 6.52. The van der Waals surface area contributed by atoms with Gasteiger partial charge in [-0.2, -0.15) is 4.98 Å². The van der Waals surface area contributed by atoms with E-state index in [2.05, 4.69) is 22.1 Å². The van der Waals surface area contributed by atoms with Crippen LogP contribution < -0.4 is 5.73 Å². The van der Waals surface area contributed by atoms with Crippen LogP contribution in [0.1, 0.15) is 24.2 Å². The highest BCUT2D eigenvalue weighted by Crippen LogP contribution is 2.35. The van der Waals surface area contributed by atoms with Crippen LogP contribution in [0.2, 0.25) is 0 Å². The molecule has 0 unspecified atom stereocenters. The third-order valence-electron chi connectivity index (χ3n) is 2.34. The van der Waals surface area contributed by atoms with Gasteiger partial charge in [-0.3, -0.25) is 0 Å². The number of rotatable bonds is 4. The predicted molar refractivity (Wildman–Crippen MR) is 66.1 cm³/mol. The number of aromatic nitrogens is 3. The van der Waals surface area contributed by atoms with E-state index in [0.29, 0.717) is 11.1 Å². The first-order valence-electron chi connectivity index (χ1n) is 5.29. The van der Waals surface area contributed by atoms with Crippen molar-refractivity contribution in [3.8, 4) is 0 Å². The van der Waals surface area contributed by atoms with E-state index >= 15 is 0 Å². The first kappa shape index (κ1) is 11.9. The van der Waals surface area contributed by atoms with Gasteiger partial charge in [0.15, 0.2) is 0 Å². The first-order valence-corrected chi connectivity index (χ1v) is 6.17. The second kappa shape index (κ2) is 5.18. The molecule has 17 heavy (non-hydrogen) atoms. The molecule has 90 valence electrons. The van der Waals surface area contributed by atoms with E-state index in [-0.39, 0.29) is 11.1 Å². The fourth-order valence-electron chi connectivity index (χ4n) is 1.50. The predicted octanol–water partition coefficient (Wildman–Crippen LogP) is 2.77. The summed E-state index contributed by atoms with van der Waals surface area (Å²) < 4.78 is 12.8. The molecule has 3 N–H and O–H groups in total. The summed E-state index contributed by atoms with van der Waals surface area (Å²) in [5.74, 6) is 0.0807. The molecule has 0 aliphatic rings. The van der Waals surface area contributed by atoms with Crippen LogP contribution in [0.15, 0.2) is 29.4 Å². The van der Waals surface area contributed by atoms with Crippen molar-refractivity contribution in [3.63, 3.8) is 0 Å². The Morgan fingerprint density at radius 3 is 2.65 bits per heavy atom. The van der Waals surface area contributed by atoms with Crippen molar-refractivity contribution in [2.24, 2.45) is 0 Å². The van der Waals surface area contributed by atoms with Crippen LogP contribution in [0, 0.1) is 5.82 Å². The van der Waals surface area contributed by atoms with Crippen LogP contribution in [-0.4, -0.2) is 15.2 Å². The monoisotopic (exact) mass is 252 g/mol. The molecule has 0 amide bonds. The van der Waals surface area contributed by atoms with E-state index in [4.69, 9.17) is 5.73 Å². The molecule has 4 nitrogen and oxygen atoms in total. The fourth-order valence-corrected chi connectivity index (χ4v) is 2.47. The van der Waals surface area contributed by atoms with Crippen LogP contribution in [0.3, 0.4) is 0 Å². The van der Waals surface area contributed by atoms with Crippen LogP contribution in [0.5, 0.6) is 0 Å². The van der Waals surface area contributed by atoms with Gasteiger partial charge in [0, 0.05) is 5.25 Å². The van der Waals surface area contributed by atoms with E-state index < -0.39 is 0 Å². The highest BCUT2D eigenvalue weighted by atomic mass is 32.2. The summed E-state index contributed by atoms with van der Waals surface area (Å²) in [6, 6.07) is 6.49. The van der Waals surface area contributed by atoms with E-state index in [1.165, 1.54) is 23.9 Å². The Balaban J connectivity index is 2.13. The summed E-state index contributed by atoms with van der Waals surface area (Å²) in [4.78, 5) is 4.04. The molecule has 0 spiro atoms. The van der Waals surface area contributed by atoms with Crippen LogP contribution in [-0.2, 0) is 0 Å². The minimum absolute atomic E-state index is 0.200. The Hall–Kier alpha value is -1.56. The number of anilines is 1. The summed E-state index contributed by atoms with van der Waals surface area (Å²) in [5, 5.41) is 7.38. The highest BCUT2D eigenvalue weighted by molar-refractivity contribution is 7.99. The Morgan fingerprint density at radius 1 is 1.41 bits per heavy atom. The topological polar surface area (TPSA) is 67.6 Å². The van der Waals surface area contributed by atoms with Gasteiger partial charge in [-0.05, 0) is 24.1 Å². The quantitative estimate of drug-likeness (QED) is 0.821. The standard InChI is InChI=1S/C11H13FN4S/c1-2-9(7-3-5-8(12)6-4-7)17-11-14-10(13)15-16-11/h3-6,9H,2H2,1H3,(H3,13,14,15,16)/t9-/m0/s1. The summed E-state index contributed by atoms with van der Waals surface area (Å²) in [7, 11) is 0. The molecule has 2 aromatic rings. The number of nitrogen functional groups attached to an aromatic ring is 1. The number of hydrogen-bond donors (Lipinski definition) is 2. The third-order valence-corrected chi connectivity index (χ3v) is 3.63. The number of benzene rings is 1. The highest BCUT2D eigenvalue weighted by Gasteiger charge is 2.13. The van der Waals surface area contributed by atoms with Crippen LogP contribution >= 0.6 is 11.8 Å². The van der Waals surface area contributed by atoms with Gasteiger partial charge >= 0.3 is 0 Å². The molecule has 0 saturated carbocycles. The molecule has 0 radical (unpaired) electrons. The Kier molecular flexibility index (Phi) is 3.63. The number of hydrogen-bond acceptors (Lipinski definition) is 4. The molecule has 1 aromatic heterocycles. The molecule has 0 saturated heterocycles. The maximum atomic E-state index is 12.8. The molecule has 1 heterocycles. The Morgan fingerprint density at radius 2 is 2.12 bits per heavy atom. The molecular weight excluding hydrogens is 239 g/mol. The van der Waals surface area contributed by atoms with Crippen molar-refractivity contribution in [1.29, 1.82) is 0 Å². The molecule has 0 bridgehead atoms. The van der Waals surface area contributed by atoms with Gasteiger partial charge in [0.2, 0.25) is 11.1 Å². The third kappa shape index (κ3) is 2.97. The minimum atomic E-state index is -0.226. The normalized spacial score (nSPS) is 12.6. The minimum Gasteiger partial charge on any atom is -0.368 e. The van der Waals surface area contributed by atoms with Gasteiger partial charge in [-0.25, -0.2) is 9.49 Å². The molecular formula is C11H13FN4S. The number of nitrogens with one attached hydrogen (secondary N) is 1. The number of halogens is 1. The van der Waals surface area contributed by atoms with Crippen molar-refractivity contribution in [3.05, 3.63) is 35.6 Å². The molecule has 2 rings (SSSR count). The van der Waals surface area contributed by atoms with Crippen molar-refractivity contribution in [2.75, 3.05) is 5.73 Å². The molecule has 0 aliphatic heterocycles. The van der Waals surface area contributed by atoms with Gasteiger partial charge in [-0.1, -0.05) is 30.8 Å². The summed E-state index contributed by atoms with van der Waals surface area (Å²) in [6.45, 7) is 2.07. The molecule has 0 aliphatic carbocycles. The van der Waals surface area contributed by atoms with Crippen molar-refractivity contribution in [1.82, 2.24) is 15.2 Å². The number of thioether (sulfide) groups is 1. The van der Waals surface area contributed by atoms with E-state index in [1.54, 1.807) is 12.1 Å². The second-order valence-electron chi connectivity index (χ2n) is 3.57. The molecule has 0 fully saturated rings. The van der Waals surface area contributed by atoms with Crippen molar-refractivity contribution in [2.45, 2.75) is 23.8 Å². The lowest BCUT2D eigenvalue weighted by atomic mass is 10.1. The van der Waals surface area contributed by atoms with Crippen LogP contribution in [0.25, 0.3) is 0 Å². The van der Waals surface area contributed by atoms with E-state index in [9.17, 15) is 4.39 Å². The number of nitrogens with zero attached hydrogens (tertiary/aromatic N) is 2. The molecule has 1 atom stereocenters. The van der Waals surface area contributed by atoms with Gasteiger partial charge in [0.05, 0.1) is 0 Å². The van der Waals surface area contributed by atoms with E-state index in [1.807, 2.05) is 0 Å². The average molecular weight is 252 g/mol. The van der Waals surface area contributed by atoms with Crippen LogP contribution in [0.4, 0.5) is 10.3 Å². The summed E-state index contributed by atoms with van der Waals surface area (Å²) >= 11 is 1.51. The number of H-pyrrole nitrogens is 1. The second-order valence-corrected chi connectivity index (χ2v) is 4.74.